The van der Waals surface area contributed by atoms with E-state index < -0.39 is 10.8 Å². The Balaban J connectivity index is 2.49. The molecule has 0 saturated carbocycles. The normalized spacial score (nSPS) is 12.1. The number of aromatic nitrogens is 1. The third kappa shape index (κ3) is 4.95. The maximum absolute atomic E-state index is 11.7. The highest BCUT2D eigenvalue weighted by Crippen LogP contribution is 2.06. The lowest BCUT2D eigenvalue weighted by molar-refractivity contribution is 0.0953. The van der Waals surface area contributed by atoms with Gasteiger partial charge in [-0.3, -0.25) is 9.00 Å². The number of hydrogen-bond donors (Lipinski definition) is 2. The van der Waals surface area contributed by atoms with Crippen LogP contribution in [0.1, 0.15) is 22.5 Å². The van der Waals surface area contributed by atoms with Gasteiger partial charge in [-0.25, -0.2) is 4.98 Å². The Labute approximate surface area is 103 Å². The predicted octanol–water partition coefficient (Wildman–Crippen LogP) is 0.471. The molecule has 6 heteroatoms. The summed E-state index contributed by atoms with van der Waals surface area (Å²) in [5.74, 6) is 0.756. The van der Waals surface area contributed by atoms with Crippen LogP contribution in [0.5, 0.6) is 0 Å². The molecule has 5 nitrogen and oxygen atoms in total. The SMILES string of the molecule is Cc1cc(C(=O)NCCCS(C)=O)cc(N)n1. The lowest BCUT2D eigenvalue weighted by Gasteiger charge is -2.06. The number of carbonyl (C=O) groups is 1. The Kier molecular flexibility index (Phi) is 5.09. The Morgan fingerprint density at radius 1 is 1.53 bits per heavy atom. The summed E-state index contributed by atoms with van der Waals surface area (Å²) in [6.45, 7) is 2.30. The van der Waals surface area contributed by atoms with Gasteiger partial charge < -0.3 is 11.1 Å². The van der Waals surface area contributed by atoms with E-state index in [2.05, 4.69) is 10.3 Å². The Morgan fingerprint density at radius 2 is 2.24 bits per heavy atom. The largest absolute Gasteiger partial charge is 0.384 e. The van der Waals surface area contributed by atoms with E-state index in [-0.39, 0.29) is 5.91 Å². The van der Waals surface area contributed by atoms with Crippen LogP contribution in [0.2, 0.25) is 0 Å². The number of pyridine rings is 1. The highest BCUT2D eigenvalue weighted by Gasteiger charge is 2.06. The van der Waals surface area contributed by atoms with Gasteiger partial charge in [0.1, 0.15) is 5.82 Å². The van der Waals surface area contributed by atoms with Gasteiger partial charge in [0.2, 0.25) is 0 Å². The van der Waals surface area contributed by atoms with E-state index in [0.717, 1.165) is 0 Å². The summed E-state index contributed by atoms with van der Waals surface area (Å²) < 4.78 is 10.8. The van der Waals surface area contributed by atoms with Crippen molar-refractivity contribution in [3.05, 3.63) is 23.4 Å². The molecule has 1 rings (SSSR count). The van der Waals surface area contributed by atoms with E-state index in [1.807, 2.05) is 0 Å². The molecule has 1 atom stereocenters. The zero-order chi connectivity index (χ0) is 12.8. The highest BCUT2D eigenvalue weighted by molar-refractivity contribution is 7.84. The van der Waals surface area contributed by atoms with Gasteiger partial charge in [0.25, 0.3) is 5.91 Å². The second kappa shape index (κ2) is 6.34. The maximum atomic E-state index is 11.7. The van der Waals surface area contributed by atoms with Crippen LogP contribution in [0.3, 0.4) is 0 Å². The third-order valence-electron chi connectivity index (χ3n) is 2.13. The maximum Gasteiger partial charge on any atom is 0.251 e. The van der Waals surface area contributed by atoms with Gasteiger partial charge in [0.05, 0.1) is 0 Å². The monoisotopic (exact) mass is 255 g/mol. The van der Waals surface area contributed by atoms with Crippen LogP contribution in [0.15, 0.2) is 12.1 Å². The summed E-state index contributed by atoms with van der Waals surface area (Å²) in [7, 11) is -0.813. The van der Waals surface area contributed by atoms with Crippen molar-refractivity contribution in [1.82, 2.24) is 10.3 Å². The molecule has 0 aliphatic rings. The van der Waals surface area contributed by atoms with Crippen molar-refractivity contribution in [2.45, 2.75) is 13.3 Å². The lowest BCUT2D eigenvalue weighted by atomic mass is 10.2. The minimum absolute atomic E-state index is 0.177. The van der Waals surface area contributed by atoms with Gasteiger partial charge in [0.15, 0.2) is 0 Å². The van der Waals surface area contributed by atoms with Gasteiger partial charge >= 0.3 is 0 Å². The number of anilines is 1. The van der Waals surface area contributed by atoms with Crippen LogP contribution in [0.4, 0.5) is 5.82 Å². The molecule has 0 aliphatic carbocycles. The molecule has 0 radical (unpaired) electrons. The number of aryl methyl sites for hydroxylation is 1. The highest BCUT2D eigenvalue weighted by atomic mass is 32.2. The van der Waals surface area contributed by atoms with Crippen LogP contribution >= 0.6 is 0 Å². The van der Waals surface area contributed by atoms with E-state index in [1.54, 1.807) is 25.3 Å². The van der Waals surface area contributed by atoms with E-state index in [0.29, 0.717) is 35.8 Å². The number of rotatable bonds is 5. The standard InChI is InChI=1S/C11H17N3O2S/c1-8-6-9(7-10(12)14-8)11(15)13-4-3-5-17(2)16/h6-7H,3-5H2,1-2H3,(H2,12,14)(H,13,15). The molecule has 17 heavy (non-hydrogen) atoms. The molecule has 0 bridgehead atoms. The molecule has 94 valence electrons. The van der Waals surface area contributed by atoms with Gasteiger partial charge in [-0.05, 0) is 25.5 Å². The van der Waals surface area contributed by atoms with Crippen molar-refractivity contribution in [2.24, 2.45) is 0 Å². The van der Waals surface area contributed by atoms with Crippen LogP contribution < -0.4 is 11.1 Å². The number of hydrogen-bond acceptors (Lipinski definition) is 4. The predicted molar refractivity (Wildman–Crippen MR) is 69.3 cm³/mol. The molecule has 1 amide bonds. The summed E-state index contributed by atoms with van der Waals surface area (Å²) in [5, 5.41) is 2.75. The molecule has 1 heterocycles. The van der Waals surface area contributed by atoms with Crippen molar-refractivity contribution in [3.63, 3.8) is 0 Å². The molecule has 1 aromatic heterocycles. The van der Waals surface area contributed by atoms with Gasteiger partial charge in [-0.15, -0.1) is 0 Å². The van der Waals surface area contributed by atoms with Crippen LogP contribution in [0, 0.1) is 6.92 Å². The summed E-state index contributed by atoms with van der Waals surface area (Å²) in [5.41, 5.74) is 6.78. The summed E-state index contributed by atoms with van der Waals surface area (Å²) >= 11 is 0. The molecule has 1 aromatic rings. The summed E-state index contributed by atoms with van der Waals surface area (Å²) in [6.07, 6.45) is 2.35. The Morgan fingerprint density at radius 3 is 2.82 bits per heavy atom. The molecular weight excluding hydrogens is 238 g/mol. The minimum atomic E-state index is -0.813. The number of nitrogens with zero attached hydrogens (tertiary/aromatic N) is 1. The number of nitrogens with two attached hydrogens (primary N) is 1. The van der Waals surface area contributed by atoms with Crippen LogP contribution in [-0.2, 0) is 10.8 Å². The first-order valence-electron chi connectivity index (χ1n) is 5.31. The Hall–Kier alpha value is -1.43. The zero-order valence-electron chi connectivity index (χ0n) is 10.0. The smallest absolute Gasteiger partial charge is 0.251 e. The van der Waals surface area contributed by atoms with Crippen molar-refractivity contribution < 1.29 is 9.00 Å². The first-order valence-corrected chi connectivity index (χ1v) is 7.04. The van der Waals surface area contributed by atoms with Crippen LogP contribution in [0.25, 0.3) is 0 Å². The van der Waals surface area contributed by atoms with Crippen molar-refractivity contribution in [3.8, 4) is 0 Å². The summed E-state index contributed by atoms with van der Waals surface area (Å²) in [6, 6.07) is 3.23. The van der Waals surface area contributed by atoms with E-state index >= 15 is 0 Å². The van der Waals surface area contributed by atoms with Crippen LogP contribution in [-0.4, -0.2) is 33.7 Å². The Bertz CT molecular complexity index is 414. The fraction of sp³-hybridized carbons (Fsp3) is 0.455. The number of carbonyl (C=O) groups excluding carboxylic acids is 1. The number of nitrogens with one attached hydrogen (secondary N) is 1. The fourth-order valence-corrected chi connectivity index (χ4v) is 1.96. The molecular formula is C11H17N3O2S. The first kappa shape index (κ1) is 13.6. The first-order chi connectivity index (χ1) is 7.99. The van der Waals surface area contributed by atoms with E-state index in [4.69, 9.17) is 5.73 Å². The second-order valence-corrected chi connectivity index (χ2v) is 5.36. The number of amides is 1. The third-order valence-corrected chi connectivity index (χ3v) is 2.99. The van der Waals surface area contributed by atoms with Gasteiger partial charge in [-0.2, -0.15) is 0 Å². The van der Waals surface area contributed by atoms with Crippen molar-refractivity contribution >= 4 is 22.5 Å². The van der Waals surface area contributed by atoms with Gasteiger partial charge in [0, 0.05) is 40.6 Å². The van der Waals surface area contributed by atoms with Crippen molar-refractivity contribution in [1.29, 1.82) is 0 Å². The molecule has 0 aromatic carbocycles. The van der Waals surface area contributed by atoms with Crippen molar-refractivity contribution in [2.75, 3.05) is 24.3 Å². The zero-order valence-corrected chi connectivity index (χ0v) is 10.8. The van der Waals surface area contributed by atoms with Gasteiger partial charge in [-0.1, -0.05) is 0 Å². The molecule has 0 fully saturated rings. The lowest BCUT2D eigenvalue weighted by Crippen LogP contribution is -2.25. The van der Waals surface area contributed by atoms with E-state index in [9.17, 15) is 9.00 Å². The second-order valence-electron chi connectivity index (χ2n) is 3.81. The topological polar surface area (TPSA) is 85.1 Å². The quantitative estimate of drug-likeness (QED) is 0.749. The minimum Gasteiger partial charge on any atom is -0.384 e. The molecule has 0 spiro atoms. The molecule has 3 N–H and O–H groups in total. The average molecular weight is 255 g/mol. The number of nitrogen functional groups attached to an aromatic ring is 1. The summed E-state index contributed by atoms with van der Waals surface area (Å²) in [4.78, 5) is 15.7. The molecule has 0 saturated heterocycles. The van der Waals surface area contributed by atoms with E-state index in [1.165, 1.54) is 0 Å². The fourth-order valence-electron chi connectivity index (χ4n) is 1.40. The molecule has 1 unspecified atom stereocenters. The average Bonchev–Trinajstić information content (AvgIpc) is 2.22. The molecule has 0 aliphatic heterocycles.